The van der Waals surface area contributed by atoms with E-state index in [1.165, 1.54) is 0 Å². The predicted molar refractivity (Wildman–Crippen MR) is 58.0 cm³/mol. The Morgan fingerprint density at radius 2 is 1.33 bits per heavy atom. The van der Waals surface area contributed by atoms with Crippen LogP contribution in [0.4, 0.5) is 30.7 Å². The minimum absolute atomic E-state index is 0.00727. The van der Waals surface area contributed by atoms with Gasteiger partial charge in [0.1, 0.15) is 0 Å². The van der Waals surface area contributed by atoms with Gasteiger partial charge in [0.05, 0.1) is 0 Å². The van der Waals surface area contributed by atoms with E-state index < -0.39 is 29.6 Å². The van der Waals surface area contributed by atoms with Crippen LogP contribution < -0.4 is 0 Å². The molecule has 0 bridgehead atoms. The molecule has 0 radical (unpaired) electrons. The quantitative estimate of drug-likeness (QED) is 0.674. The monoisotopic (exact) mass is 316 g/mol. The van der Waals surface area contributed by atoms with E-state index in [0.29, 0.717) is 18.2 Å². The van der Waals surface area contributed by atoms with Gasteiger partial charge in [-0.15, -0.1) is 0 Å². The van der Waals surface area contributed by atoms with Gasteiger partial charge in [0.25, 0.3) is 0 Å². The fourth-order valence-corrected chi connectivity index (χ4v) is 1.48. The molecular weight excluding hydrogens is 309 g/mol. The first-order valence-corrected chi connectivity index (χ1v) is 5.23. The second kappa shape index (κ2) is 5.38. The van der Waals surface area contributed by atoms with Crippen molar-refractivity contribution in [3.8, 4) is 0 Å². The molecule has 0 aliphatic carbocycles. The fourth-order valence-electron chi connectivity index (χ4n) is 1.48. The lowest BCUT2D eigenvalue weighted by molar-refractivity contribution is -0.348. The molecule has 0 saturated carbocycles. The summed E-state index contributed by atoms with van der Waals surface area (Å²) >= 11 is 0. The number of alkyl halides is 7. The van der Waals surface area contributed by atoms with Crippen LogP contribution in [0.3, 0.4) is 0 Å². The summed E-state index contributed by atoms with van der Waals surface area (Å²) in [5, 5.41) is 8.33. The maximum atomic E-state index is 13.6. The van der Waals surface area contributed by atoms with Gasteiger partial charge < -0.3 is 5.11 Å². The van der Waals surface area contributed by atoms with E-state index in [1.54, 1.807) is 0 Å². The van der Waals surface area contributed by atoms with Crippen LogP contribution in [0.5, 0.6) is 0 Å². The molecule has 1 N–H and O–H groups in total. The van der Waals surface area contributed by atoms with Gasteiger partial charge in [-0.3, -0.25) is 0 Å². The molecule has 0 aliphatic rings. The molecule has 21 heavy (non-hydrogen) atoms. The van der Waals surface area contributed by atoms with Gasteiger partial charge in [0.2, 0.25) is 0 Å². The zero-order chi connectivity index (χ0) is 16.5. The lowest BCUT2D eigenvalue weighted by Gasteiger charge is -2.30. The number of carboxylic acid groups (broad SMARTS) is 1. The number of carbonyl (C=O) groups is 1. The van der Waals surface area contributed by atoms with Gasteiger partial charge in [0, 0.05) is 11.6 Å². The summed E-state index contributed by atoms with van der Waals surface area (Å²) in [6.07, 6.45) is -10.8. The van der Waals surface area contributed by atoms with Crippen LogP contribution in [-0.4, -0.2) is 23.4 Å². The maximum absolute atomic E-state index is 13.6. The predicted octanol–water partition coefficient (Wildman–Crippen LogP) is 4.07. The highest BCUT2D eigenvalue weighted by Crippen LogP contribution is 2.53. The van der Waals surface area contributed by atoms with E-state index in [4.69, 9.17) is 5.11 Å². The molecule has 0 atom stereocenters. The van der Waals surface area contributed by atoms with Gasteiger partial charge in [-0.25, -0.2) is 9.18 Å². The Kier molecular flexibility index (Phi) is 4.35. The number of rotatable bonds is 3. The Bertz CT molecular complexity index is 526. The summed E-state index contributed by atoms with van der Waals surface area (Å²) in [7, 11) is 0. The molecular formula is C12H7F7O2. The number of hydrogen-bond donors (Lipinski definition) is 1. The number of benzene rings is 1. The van der Waals surface area contributed by atoms with Gasteiger partial charge >= 0.3 is 24.0 Å². The lowest BCUT2D eigenvalue weighted by Crippen LogP contribution is -2.50. The molecule has 0 unspecified atom stereocenters. The molecule has 0 spiro atoms. The van der Waals surface area contributed by atoms with Crippen LogP contribution in [0.2, 0.25) is 0 Å². The Morgan fingerprint density at radius 3 is 1.67 bits per heavy atom. The van der Waals surface area contributed by atoms with Crippen molar-refractivity contribution in [1.82, 2.24) is 0 Å². The molecule has 1 aromatic rings. The zero-order valence-corrected chi connectivity index (χ0v) is 9.97. The largest absolute Gasteiger partial charge is 0.478 e. The van der Waals surface area contributed by atoms with Gasteiger partial charge in [-0.1, -0.05) is 24.3 Å². The number of aliphatic carboxylic acids is 1. The topological polar surface area (TPSA) is 37.3 Å². The van der Waals surface area contributed by atoms with Crippen LogP contribution in [0.25, 0.3) is 6.08 Å². The Morgan fingerprint density at radius 1 is 0.905 bits per heavy atom. The molecule has 0 aromatic heterocycles. The zero-order valence-electron chi connectivity index (χ0n) is 9.97. The third kappa shape index (κ3) is 3.34. The van der Waals surface area contributed by atoms with Crippen molar-refractivity contribution in [2.75, 3.05) is 0 Å². The average molecular weight is 316 g/mol. The molecule has 0 aliphatic heterocycles. The smallest absolute Gasteiger partial charge is 0.435 e. The molecule has 0 heterocycles. The van der Waals surface area contributed by atoms with Crippen molar-refractivity contribution in [3.63, 3.8) is 0 Å². The minimum Gasteiger partial charge on any atom is -0.478 e. The molecule has 0 amide bonds. The van der Waals surface area contributed by atoms with Crippen molar-refractivity contribution in [1.29, 1.82) is 0 Å². The minimum atomic E-state index is -6.18. The number of halogens is 7. The maximum Gasteiger partial charge on any atom is 0.435 e. The number of carboxylic acids is 1. The number of hydrogen-bond acceptors (Lipinski definition) is 1. The second-order valence-corrected chi connectivity index (χ2v) is 3.95. The van der Waals surface area contributed by atoms with Crippen molar-refractivity contribution >= 4 is 12.0 Å². The van der Waals surface area contributed by atoms with E-state index in [1.807, 2.05) is 0 Å². The first-order chi connectivity index (χ1) is 9.39. The summed E-state index contributed by atoms with van der Waals surface area (Å²) in [6.45, 7) is 0. The standard InChI is InChI=1S/C12H7F7O2/c13-10(11(14,15)16,12(17,18)19)8-4-1-7(2-5-8)3-6-9(20)21/h1-6H,(H,20,21). The van der Waals surface area contributed by atoms with Crippen molar-refractivity contribution in [2.45, 2.75) is 18.0 Å². The first-order valence-electron chi connectivity index (χ1n) is 5.23. The summed E-state index contributed by atoms with van der Waals surface area (Å²) in [6, 6.07) is 2.12. The van der Waals surface area contributed by atoms with Crippen LogP contribution in [0, 0.1) is 0 Å². The first kappa shape index (κ1) is 17.0. The van der Waals surface area contributed by atoms with E-state index in [0.717, 1.165) is 18.2 Å². The lowest BCUT2D eigenvalue weighted by atomic mass is 9.93. The Labute approximate surface area is 113 Å². The van der Waals surface area contributed by atoms with E-state index in [9.17, 15) is 35.5 Å². The van der Waals surface area contributed by atoms with E-state index in [2.05, 4.69) is 0 Å². The summed E-state index contributed by atoms with van der Waals surface area (Å²) in [5.74, 6) is -1.36. The summed E-state index contributed by atoms with van der Waals surface area (Å²) < 4.78 is 88.3. The third-order valence-corrected chi connectivity index (χ3v) is 2.51. The van der Waals surface area contributed by atoms with Crippen molar-refractivity contribution < 1.29 is 40.6 Å². The van der Waals surface area contributed by atoms with Crippen LogP contribution in [0.1, 0.15) is 11.1 Å². The van der Waals surface area contributed by atoms with Crippen molar-refractivity contribution in [3.05, 3.63) is 41.5 Å². The average Bonchev–Trinajstić information content (AvgIpc) is 2.33. The molecule has 0 fully saturated rings. The highest BCUT2D eigenvalue weighted by atomic mass is 19.4. The molecule has 2 nitrogen and oxygen atoms in total. The van der Waals surface area contributed by atoms with Crippen molar-refractivity contribution in [2.24, 2.45) is 0 Å². The molecule has 0 saturated heterocycles. The SMILES string of the molecule is O=C(O)C=Cc1ccc(C(F)(C(F)(F)F)C(F)(F)F)cc1. The van der Waals surface area contributed by atoms with Gasteiger partial charge in [0.15, 0.2) is 0 Å². The van der Waals surface area contributed by atoms with E-state index in [-0.39, 0.29) is 5.56 Å². The molecule has 1 aromatic carbocycles. The van der Waals surface area contributed by atoms with Crippen LogP contribution in [-0.2, 0) is 10.5 Å². The van der Waals surface area contributed by atoms with Gasteiger partial charge in [-0.05, 0) is 11.6 Å². The molecule has 116 valence electrons. The second-order valence-electron chi connectivity index (χ2n) is 3.95. The normalized spacial score (nSPS) is 13.7. The fraction of sp³-hybridized carbons (Fsp3) is 0.250. The Balaban J connectivity index is 3.27. The highest BCUT2D eigenvalue weighted by Gasteiger charge is 2.73. The Hall–Kier alpha value is -2.06. The van der Waals surface area contributed by atoms with Crippen LogP contribution in [0.15, 0.2) is 30.3 Å². The third-order valence-electron chi connectivity index (χ3n) is 2.51. The van der Waals surface area contributed by atoms with E-state index >= 15 is 0 Å². The molecule has 9 heteroatoms. The van der Waals surface area contributed by atoms with Gasteiger partial charge in [-0.2, -0.15) is 26.3 Å². The summed E-state index contributed by atoms with van der Waals surface area (Å²) in [5.41, 5.74) is -7.11. The van der Waals surface area contributed by atoms with Crippen LogP contribution >= 0.6 is 0 Å². The summed E-state index contributed by atoms with van der Waals surface area (Å²) in [4.78, 5) is 10.2. The highest BCUT2D eigenvalue weighted by molar-refractivity contribution is 5.85. The molecule has 1 rings (SSSR count).